The molecule has 2 rings (SSSR count). The van der Waals surface area contributed by atoms with E-state index < -0.39 is 0 Å². The summed E-state index contributed by atoms with van der Waals surface area (Å²) < 4.78 is 5.71. The molecule has 0 radical (unpaired) electrons. The SMILES string of the molecule is C[NH+]1CC[NH+](CCOc2c(Cl)cccc2Cl)CC1. The van der Waals surface area contributed by atoms with E-state index in [4.69, 9.17) is 27.9 Å². The summed E-state index contributed by atoms with van der Waals surface area (Å²) in [6, 6.07) is 5.43. The first kappa shape index (κ1) is 13.9. The monoisotopic (exact) mass is 290 g/mol. The van der Waals surface area contributed by atoms with Crippen LogP contribution >= 0.6 is 23.2 Å². The predicted octanol–water partition coefficient (Wildman–Crippen LogP) is -0.215. The third-order valence-electron chi connectivity index (χ3n) is 3.43. The van der Waals surface area contributed by atoms with Crippen molar-refractivity contribution in [2.75, 3.05) is 46.4 Å². The average molecular weight is 291 g/mol. The predicted molar refractivity (Wildman–Crippen MR) is 74.1 cm³/mol. The Morgan fingerprint density at radius 1 is 1.11 bits per heavy atom. The first-order chi connectivity index (χ1) is 8.66. The molecule has 1 saturated heterocycles. The van der Waals surface area contributed by atoms with Crippen LogP contribution in [-0.2, 0) is 0 Å². The van der Waals surface area contributed by atoms with Crippen LogP contribution in [0.1, 0.15) is 0 Å². The second-order valence-corrected chi connectivity index (χ2v) is 5.67. The molecule has 3 nitrogen and oxygen atoms in total. The third kappa shape index (κ3) is 3.75. The maximum atomic E-state index is 6.05. The molecule has 1 aliphatic heterocycles. The van der Waals surface area contributed by atoms with Crippen LogP contribution < -0.4 is 14.5 Å². The Morgan fingerprint density at radius 3 is 2.33 bits per heavy atom. The van der Waals surface area contributed by atoms with Crippen LogP contribution in [0.2, 0.25) is 10.0 Å². The minimum absolute atomic E-state index is 0.584. The van der Waals surface area contributed by atoms with Crippen LogP contribution in [0.3, 0.4) is 0 Å². The summed E-state index contributed by atoms with van der Waals surface area (Å²) in [6.07, 6.45) is 0. The van der Waals surface area contributed by atoms with Crippen molar-refractivity contribution in [3.63, 3.8) is 0 Å². The van der Waals surface area contributed by atoms with Gasteiger partial charge in [-0.3, -0.25) is 0 Å². The molecule has 1 heterocycles. The molecule has 1 aromatic carbocycles. The fraction of sp³-hybridized carbons (Fsp3) is 0.538. The lowest BCUT2D eigenvalue weighted by molar-refractivity contribution is -1.00. The highest BCUT2D eigenvalue weighted by Crippen LogP contribution is 2.31. The Kier molecular flexibility index (Phi) is 5.13. The van der Waals surface area contributed by atoms with Crippen molar-refractivity contribution in [2.45, 2.75) is 0 Å². The first-order valence-corrected chi connectivity index (χ1v) is 7.14. The fourth-order valence-corrected chi connectivity index (χ4v) is 2.70. The van der Waals surface area contributed by atoms with Crippen molar-refractivity contribution in [2.24, 2.45) is 0 Å². The number of nitrogens with one attached hydrogen (secondary N) is 2. The van der Waals surface area contributed by atoms with E-state index in [1.54, 1.807) is 21.9 Å². The molecular formula is C13H20Cl2N2O+2. The van der Waals surface area contributed by atoms with Crippen LogP contribution in [0.4, 0.5) is 0 Å². The average Bonchev–Trinajstić information content (AvgIpc) is 2.35. The molecule has 0 bridgehead atoms. The van der Waals surface area contributed by atoms with Crippen molar-refractivity contribution in [1.82, 2.24) is 0 Å². The lowest BCUT2D eigenvalue weighted by atomic mass is 10.3. The number of hydrogen-bond acceptors (Lipinski definition) is 1. The fourth-order valence-electron chi connectivity index (χ4n) is 2.20. The quantitative estimate of drug-likeness (QED) is 0.785. The number of quaternary nitrogens is 2. The summed E-state index contributed by atoms with van der Waals surface area (Å²) >= 11 is 12.1. The van der Waals surface area contributed by atoms with Crippen LogP contribution in [-0.4, -0.2) is 46.4 Å². The molecule has 0 atom stereocenters. The number of rotatable bonds is 4. The number of piperazine rings is 1. The minimum atomic E-state index is 0.584. The van der Waals surface area contributed by atoms with E-state index in [9.17, 15) is 0 Å². The zero-order valence-electron chi connectivity index (χ0n) is 10.6. The van der Waals surface area contributed by atoms with Crippen molar-refractivity contribution >= 4 is 23.2 Å². The third-order valence-corrected chi connectivity index (χ3v) is 4.03. The van der Waals surface area contributed by atoms with Crippen LogP contribution in [0.25, 0.3) is 0 Å². The molecule has 0 aromatic heterocycles. The van der Waals surface area contributed by atoms with Gasteiger partial charge in [-0.05, 0) is 12.1 Å². The molecule has 1 fully saturated rings. The summed E-state index contributed by atoms with van der Waals surface area (Å²) in [5.41, 5.74) is 0. The van der Waals surface area contributed by atoms with Gasteiger partial charge in [0.15, 0.2) is 5.75 Å². The molecule has 0 saturated carbocycles. The van der Waals surface area contributed by atoms with Gasteiger partial charge in [-0.15, -0.1) is 0 Å². The lowest BCUT2D eigenvalue weighted by Gasteiger charge is -2.27. The van der Waals surface area contributed by atoms with Gasteiger partial charge in [0.2, 0.25) is 0 Å². The second kappa shape index (κ2) is 6.62. The van der Waals surface area contributed by atoms with Crippen molar-refractivity contribution < 1.29 is 14.5 Å². The highest BCUT2D eigenvalue weighted by atomic mass is 35.5. The normalized spacial score (nSPS) is 23.9. The molecule has 0 amide bonds. The standard InChI is InChI=1S/C13H18Cl2N2O/c1-16-5-7-17(8-6-16)9-10-18-13-11(14)3-2-4-12(13)15/h2-4H,5-10H2,1H3/p+2. The van der Waals surface area contributed by atoms with E-state index in [-0.39, 0.29) is 0 Å². The van der Waals surface area contributed by atoms with Crippen LogP contribution in [0.5, 0.6) is 5.75 Å². The molecule has 0 aliphatic carbocycles. The number of ether oxygens (including phenoxy) is 1. The first-order valence-electron chi connectivity index (χ1n) is 6.38. The van der Waals surface area contributed by atoms with E-state index in [2.05, 4.69) is 7.05 Å². The topological polar surface area (TPSA) is 18.1 Å². The van der Waals surface area contributed by atoms with Gasteiger partial charge in [-0.1, -0.05) is 29.3 Å². The summed E-state index contributed by atoms with van der Waals surface area (Å²) in [7, 11) is 2.25. The van der Waals surface area contributed by atoms with E-state index >= 15 is 0 Å². The van der Waals surface area contributed by atoms with Crippen molar-refractivity contribution in [1.29, 1.82) is 0 Å². The van der Waals surface area contributed by atoms with Crippen LogP contribution in [0.15, 0.2) is 18.2 Å². The lowest BCUT2D eigenvalue weighted by Crippen LogP contribution is -3.27. The number of benzene rings is 1. The molecule has 18 heavy (non-hydrogen) atoms. The van der Waals surface area contributed by atoms with Gasteiger partial charge >= 0.3 is 0 Å². The summed E-state index contributed by atoms with van der Waals surface area (Å²) in [5.74, 6) is 0.611. The van der Waals surface area contributed by atoms with E-state index in [1.807, 2.05) is 6.07 Å². The Balaban J connectivity index is 1.78. The van der Waals surface area contributed by atoms with Crippen molar-refractivity contribution in [3.05, 3.63) is 28.2 Å². The molecule has 5 heteroatoms. The largest absolute Gasteiger partial charge is 0.485 e. The van der Waals surface area contributed by atoms with Crippen LogP contribution in [0, 0.1) is 0 Å². The molecule has 0 spiro atoms. The smallest absolute Gasteiger partial charge is 0.156 e. The maximum absolute atomic E-state index is 6.05. The number of halogens is 2. The zero-order chi connectivity index (χ0) is 13.0. The molecule has 1 aromatic rings. The van der Waals surface area contributed by atoms with E-state index in [0.29, 0.717) is 22.4 Å². The summed E-state index contributed by atoms with van der Waals surface area (Å²) in [6.45, 7) is 6.58. The van der Waals surface area contributed by atoms with E-state index in [1.165, 1.54) is 26.2 Å². The highest BCUT2D eigenvalue weighted by molar-refractivity contribution is 6.37. The Bertz CT molecular complexity index is 372. The van der Waals surface area contributed by atoms with Gasteiger partial charge in [0.25, 0.3) is 0 Å². The molecule has 1 aliphatic rings. The van der Waals surface area contributed by atoms with Gasteiger partial charge < -0.3 is 14.5 Å². The van der Waals surface area contributed by atoms with E-state index in [0.717, 1.165) is 6.54 Å². The van der Waals surface area contributed by atoms with Gasteiger partial charge in [0, 0.05) is 0 Å². The Morgan fingerprint density at radius 2 is 1.72 bits per heavy atom. The Hall–Kier alpha value is -0.480. The van der Waals surface area contributed by atoms with Gasteiger partial charge in [-0.25, -0.2) is 0 Å². The number of hydrogen-bond donors (Lipinski definition) is 2. The number of likely N-dealkylation sites (N-methyl/N-ethyl adjacent to an activating group) is 1. The molecule has 100 valence electrons. The molecule has 2 N–H and O–H groups in total. The summed E-state index contributed by atoms with van der Waals surface area (Å²) in [4.78, 5) is 3.22. The zero-order valence-corrected chi connectivity index (χ0v) is 12.2. The Labute approximate surface area is 118 Å². The summed E-state index contributed by atoms with van der Waals surface area (Å²) in [5, 5.41) is 1.17. The molecular weight excluding hydrogens is 271 g/mol. The number of para-hydroxylation sites is 1. The van der Waals surface area contributed by atoms with Crippen molar-refractivity contribution in [3.8, 4) is 5.75 Å². The highest BCUT2D eigenvalue weighted by Gasteiger charge is 2.19. The minimum Gasteiger partial charge on any atom is -0.485 e. The van der Waals surface area contributed by atoms with Gasteiger partial charge in [0.05, 0.1) is 17.1 Å². The molecule has 0 unspecified atom stereocenters. The van der Waals surface area contributed by atoms with Gasteiger partial charge in [0.1, 0.15) is 39.3 Å². The maximum Gasteiger partial charge on any atom is 0.156 e. The second-order valence-electron chi connectivity index (χ2n) is 4.86. The van der Waals surface area contributed by atoms with Gasteiger partial charge in [-0.2, -0.15) is 0 Å².